The van der Waals surface area contributed by atoms with Crippen molar-refractivity contribution in [2.24, 2.45) is 0 Å². The lowest BCUT2D eigenvalue weighted by atomic mass is 10.3. The van der Waals surface area contributed by atoms with Crippen molar-refractivity contribution in [3.8, 4) is 5.75 Å². The van der Waals surface area contributed by atoms with Gasteiger partial charge in [0, 0.05) is 0 Å². The molecule has 41 valence electrons. The number of hydrogen-bond donors (Lipinski definition) is 1. The van der Waals surface area contributed by atoms with Crippen molar-refractivity contribution in [3.05, 3.63) is 24.3 Å². The van der Waals surface area contributed by atoms with Gasteiger partial charge >= 0.3 is 0 Å². The van der Waals surface area contributed by atoms with Crippen LogP contribution in [0.4, 0.5) is 0 Å². The molecule has 1 aromatic carbocycles. The number of rotatable bonds is 0. The molecule has 0 spiro atoms. The second-order valence-electron chi connectivity index (χ2n) is 1.47. The highest BCUT2D eigenvalue weighted by atomic mass is 32.1. The Kier molecular flexibility index (Phi) is 1.44. The lowest BCUT2D eigenvalue weighted by molar-refractivity contribution is 0.345. The van der Waals surface area contributed by atoms with Gasteiger partial charge in [-0.15, -0.1) is 12.6 Å². The van der Waals surface area contributed by atoms with Crippen LogP contribution in [0.25, 0.3) is 0 Å². The van der Waals surface area contributed by atoms with Crippen LogP contribution in [0, 0.1) is 0 Å². The molecule has 0 unspecified atom stereocenters. The Balaban J connectivity index is 3.13. The van der Waals surface area contributed by atoms with Crippen LogP contribution in [0.2, 0.25) is 0 Å². The van der Waals surface area contributed by atoms with Crippen molar-refractivity contribution in [2.75, 3.05) is 0 Å². The zero-order chi connectivity index (χ0) is 5.98. The molecular weight excluding hydrogens is 120 g/mol. The Morgan fingerprint density at radius 3 is 2.25 bits per heavy atom. The van der Waals surface area contributed by atoms with E-state index < -0.39 is 0 Å². The first-order valence-electron chi connectivity index (χ1n) is 2.26. The summed E-state index contributed by atoms with van der Waals surface area (Å²) in [6.45, 7) is 0. The van der Waals surface area contributed by atoms with E-state index in [2.05, 4.69) is 12.6 Å². The Morgan fingerprint density at radius 1 is 1.25 bits per heavy atom. The van der Waals surface area contributed by atoms with Crippen molar-refractivity contribution in [2.45, 2.75) is 4.90 Å². The van der Waals surface area contributed by atoms with Gasteiger partial charge in [-0.3, -0.25) is 5.11 Å². The molecule has 0 atom stereocenters. The fourth-order valence-corrected chi connectivity index (χ4v) is 0.618. The van der Waals surface area contributed by atoms with Crippen LogP contribution in [0.15, 0.2) is 29.2 Å². The average Bonchev–Trinajstić information content (AvgIpc) is 1.77. The van der Waals surface area contributed by atoms with E-state index in [-0.39, 0.29) is 5.75 Å². The third-order valence-electron chi connectivity index (χ3n) is 0.865. The second-order valence-corrected chi connectivity index (χ2v) is 1.95. The second kappa shape index (κ2) is 2.09. The summed E-state index contributed by atoms with van der Waals surface area (Å²) in [6, 6.07) is 6.64. The van der Waals surface area contributed by atoms with Gasteiger partial charge < -0.3 is 0 Å². The van der Waals surface area contributed by atoms with Gasteiger partial charge in [-0.05, 0) is 12.1 Å². The van der Waals surface area contributed by atoms with Crippen LogP contribution in [-0.4, -0.2) is 0 Å². The number of para-hydroxylation sites is 1. The molecule has 0 bridgehead atoms. The van der Waals surface area contributed by atoms with Gasteiger partial charge in [0.2, 0.25) is 0 Å². The van der Waals surface area contributed by atoms with Crippen molar-refractivity contribution in [1.29, 1.82) is 0 Å². The van der Waals surface area contributed by atoms with Crippen LogP contribution < -0.4 is 0 Å². The fraction of sp³-hybridized carbons (Fsp3) is 0. The lowest BCUT2D eigenvalue weighted by Gasteiger charge is -1.87. The fourth-order valence-electron chi connectivity index (χ4n) is 0.457. The summed E-state index contributed by atoms with van der Waals surface area (Å²) in [5, 5.41) is 10.5. The standard InChI is InChI=1S/C6H5OS/c7-5-3-1-2-4-6(5)8/h1-4,8H. The van der Waals surface area contributed by atoms with Crippen molar-refractivity contribution < 1.29 is 5.11 Å². The molecule has 1 nitrogen and oxygen atoms in total. The SMILES string of the molecule is [O]c1ccccc1S. The minimum atomic E-state index is -0.0177. The molecule has 0 aliphatic carbocycles. The number of hydrogen-bond acceptors (Lipinski definition) is 1. The van der Waals surface area contributed by atoms with Gasteiger partial charge in [-0.25, -0.2) is 0 Å². The molecule has 8 heavy (non-hydrogen) atoms. The highest BCUT2D eigenvalue weighted by molar-refractivity contribution is 7.80. The zero-order valence-electron chi connectivity index (χ0n) is 4.16. The van der Waals surface area contributed by atoms with E-state index in [1.807, 2.05) is 0 Å². The molecule has 0 fully saturated rings. The van der Waals surface area contributed by atoms with E-state index in [9.17, 15) is 5.11 Å². The zero-order valence-corrected chi connectivity index (χ0v) is 5.06. The van der Waals surface area contributed by atoms with E-state index in [1.54, 1.807) is 18.2 Å². The largest absolute Gasteiger partial charge is 0.289 e. The van der Waals surface area contributed by atoms with Gasteiger partial charge in [0.1, 0.15) is 0 Å². The first-order valence-corrected chi connectivity index (χ1v) is 2.70. The van der Waals surface area contributed by atoms with Crippen LogP contribution in [0.5, 0.6) is 5.75 Å². The quantitative estimate of drug-likeness (QED) is 0.512. The first-order chi connectivity index (χ1) is 3.80. The highest BCUT2D eigenvalue weighted by Gasteiger charge is 1.91. The molecule has 0 saturated carbocycles. The minimum absolute atomic E-state index is 0.0177. The maximum absolute atomic E-state index is 10.5. The van der Waals surface area contributed by atoms with E-state index in [1.165, 1.54) is 6.07 Å². The summed E-state index contributed by atoms with van der Waals surface area (Å²) >= 11 is 3.89. The van der Waals surface area contributed by atoms with Crippen molar-refractivity contribution in [1.82, 2.24) is 0 Å². The molecule has 0 saturated heterocycles. The van der Waals surface area contributed by atoms with E-state index in [0.717, 1.165) is 0 Å². The van der Waals surface area contributed by atoms with Crippen LogP contribution in [-0.2, 0) is 5.11 Å². The summed E-state index contributed by atoms with van der Waals surface area (Å²) in [4.78, 5) is 0.507. The lowest BCUT2D eigenvalue weighted by Crippen LogP contribution is -1.62. The number of thiol groups is 1. The summed E-state index contributed by atoms with van der Waals surface area (Å²) in [5.74, 6) is -0.0177. The molecule has 1 rings (SSSR count). The third-order valence-corrected chi connectivity index (χ3v) is 1.23. The molecule has 2 heteroatoms. The van der Waals surface area contributed by atoms with Crippen molar-refractivity contribution in [3.63, 3.8) is 0 Å². The summed E-state index contributed by atoms with van der Waals surface area (Å²) in [7, 11) is 0. The summed E-state index contributed by atoms with van der Waals surface area (Å²) in [6.07, 6.45) is 0. The molecular formula is C6H5OS. The van der Waals surface area contributed by atoms with Gasteiger partial charge in [-0.2, -0.15) is 0 Å². The number of benzene rings is 1. The predicted molar refractivity (Wildman–Crippen MR) is 33.8 cm³/mol. The Labute approximate surface area is 53.4 Å². The molecule has 0 heterocycles. The summed E-state index contributed by atoms with van der Waals surface area (Å²) in [5.41, 5.74) is 0. The topological polar surface area (TPSA) is 19.9 Å². The van der Waals surface area contributed by atoms with E-state index in [4.69, 9.17) is 0 Å². The van der Waals surface area contributed by atoms with Crippen LogP contribution in [0.1, 0.15) is 0 Å². The monoisotopic (exact) mass is 125 g/mol. The van der Waals surface area contributed by atoms with Crippen molar-refractivity contribution >= 4 is 12.6 Å². The molecule has 1 radical (unpaired) electrons. The van der Waals surface area contributed by atoms with Crippen LogP contribution in [0.3, 0.4) is 0 Å². The normalized spacial score (nSPS) is 9.12. The van der Waals surface area contributed by atoms with Crippen LogP contribution >= 0.6 is 12.6 Å². The predicted octanol–water partition coefficient (Wildman–Crippen LogP) is 2.12. The van der Waals surface area contributed by atoms with Gasteiger partial charge in [0.05, 0.1) is 4.90 Å². The molecule has 1 aromatic rings. The maximum atomic E-state index is 10.5. The summed E-state index contributed by atoms with van der Waals surface area (Å²) < 4.78 is 0. The smallest absolute Gasteiger partial charge is 0.191 e. The molecule has 0 aliphatic heterocycles. The Bertz CT molecular complexity index is 165. The molecule has 0 aliphatic rings. The van der Waals surface area contributed by atoms with E-state index in [0.29, 0.717) is 4.90 Å². The molecule has 0 amide bonds. The first kappa shape index (κ1) is 5.51. The maximum Gasteiger partial charge on any atom is 0.191 e. The van der Waals surface area contributed by atoms with Gasteiger partial charge in [0.25, 0.3) is 0 Å². The van der Waals surface area contributed by atoms with E-state index >= 15 is 0 Å². The minimum Gasteiger partial charge on any atom is -0.289 e. The molecule has 0 N–H and O–H groups in total. The van der Waals surface area contributed by atoms with Gasteiger partial charge in [0.15, 0.2) is 5.75 Å². The molecule has 0 aromatic heterocycles. The van der Waals surface area contributed by atoms with Gasteiger partial charge in [-0.1, -0.05) is 12.1 Å². The average molecular weight is 125 g/mol. The highest BCUT2D eigenvalue weighted by Crippen LogP contribution is 2.19. The third kappa shape index (κ3) is 0.954. The Hall–Kier alpha value is -0.630. The Morgan fingerprint density at radius 2 is 1.88 bits per heavy atom.